The van der Waals surface area contributed by atoms with Crippen LogP contribution in [-0.2, 0) is 17.6 Å². The Morgan fingerprint density at radius 1 is 0.596 bits per heavy atom. The Kier molecular flexibility index (Phi) is 12.3. The van der Waals surface area contributed by atoms with E-state index >= 15 is 0 Å². The molecule has 5 heterocycles. The molecule has 4 N–H and O–H groups in total. The predicted molar refractivity (Wildman–Crippen MR) is 228 cm³/mol. The molecular weight excluding hydrogens is 713 g/mol. The first-order chi connectivity index (χ1) is 27.7. The Morgan fingerprint density at radius 2 is 1.04 bits per heavy atom. The summed E-state index contributed by atoms with van der Waals surface area (Å²) in [6, 6.07) is 23.0. The summed E-state index contributed by atoms with van der Waals surface area (Å²) >= 11 is 0. The van der Waals surface area contributed by atoms with Crippen molar-refractivity contribution >= 4 is 46.0 Å². The molecule has 0 fully saturated rings. The van der Waals surface area contributed by atoms with Gasteiger partial charge in [0.2, 0.25) is 0 Å². The van der Waals surface area contributed by atoms with Gasteiger partial charge in [0, 0.05) is 38.8 Å². The maximum absolute atomic E-state index is 12.4. The van der Waals surface area contributed by atoms with Gasteiger partial charge in [-0.25, -0.2) is 9.78 Å². The molecular formula is C48H52N4O5. The van der Waals surface area contributed by atoms with Gasteiger partial charge in [-0.05, 0) is 103 Å². The third-order valence-corrected chi connectivity index (χ3v) is 11.2. The number of nitrogens with zero attached hydrogens (tertiary/aromatic N) is 2. The number of rotatable bonds is 14. The van der Waals surface area contributed by atoms with Crippen LogP contribution in [0.5, 0.6) is 0 Å². The number of H-pyrrole nitrogens is 2. The van der Waals surface area contributed by atoms with Crippen molar-refractivity contribution in [2.45, 2.75) is 97.2 Å². The second-order valence-electron chi connectivity index (χ2n) is 15.1. The lowest BCUT2D eigenvalue weighted by molar-refractivity contribution is 0.0245. The first-order valence-corrected chi connectivity index (χ1v) is 20.3. The molecule has 8 bridgehead atoms. The van der Waals surface area contributed by atoms with E-state index in [9.17, 15) is 19.8 Å². The average Bonchev–Trinajstić information content (AvgIpc) is 4.05. The van der Waals surface area contributed by atoms with Crippen molar-refractivity contribution in [1.82, 2.24) is 19.9 Å². The SMILES string of the molecule is CCCCCCc1c2nc(c(CCCCCC)c3ccc([nH]3)c(-c3ccc(C(=O)OC)cc3)c3nc(c(-c4ccc(C(C)=O)cc4)c4ccc1[nH]4)C=C3)C(O)C2O. The van der Waals surface area contributed by atoms with Crippen molar-refractivity contribution < 1.29 is 24.5 Å². The molecule has 0 saturated heterocycles. The number of aryl methyl sites for hydroxylation is 2. The predicted octanol–water partition coefficient (Wildman–Crippen LogP) is 10.8. The smallest absolute Gasteiger partial charge is 0.337 e. The van der Waals surface area contributed by atoms with Crippen LogP contribution in [0.25, 0.3) is 56.5 Å². The quantitative estimate of drug-likeness (QED) is 0.0491. The number of aliphatic hydroxyl groups is 2. The van der Waals surface area contributed by atoms with Crippen molar-refractivity contribution in [1.29, 1.82) is 0 Å². The Labute approximate surface area is 333 Å². The monoisotopic (exact) mass is 764 g/mol. The zero-order chi connectivity index (χ0) is 40.1. The van der Waals surface area contributed by atoms with Crippen LogP contribution in [-0.4, -0.2) is 49.0 Å². The van der Waals surface area contributed by atoms with E-state index in [0.717, 1.165) is 118 Å². The number of fused-ring (bicyclic) bond motifs is 8. The fourth-order valence-electron chi connectivity index (χ4n) is 8.03. The van der Waals surface area contributed by atoms with Crippen LogP contribution >= 0.6 is 0 Å². The van der Waals surface area contributed by atoms with Crippen molar-refractivity contribution in [2.75, 3.05) is 7.11 Å². The molecule has 7 rings (SSSR count). The molecule has 3 aromatic heterocycles. The topological polar surface area (TPSA) is 141 Å². The molecule has 294 valence electrons. The standard InChI is InChI=1S/C48H52N4O5/c1-5-7-9-11-13-34-36-23-25-38(49-36)42(31-17-15-30(16-18-31)29(3)53)40-27-28-41(51-40)43(32-19-21-33(22-20-32)48(56)57-4)39-26-24-37(50-39)35(14-12-10-8-6-2)45-47(55)46(54)44(34)52-45/h15-28,46-47,49-50,54-55H,5-14H2,1-4H3. The van der Waals surface area contributed by atoms with Crippen LogP contribution in [0.15, 0.2) is 72.8 Å². The highest BCUT2D eigenvalue weighted by Crippen LogP contribution is 2.40. The van der Waals surface area contributed by atoms with E-state index in [0.29, 0.717) is 35.4 Å². The van der Waals surface area contributed by atoms with E-state index in [1.807, 2.05) is 72.8 Å². The highest BCUT2D eigenvalue weighted by atomic mass is 16.5. The number of carbonyl (C=O) groups is 2. The number of esters is 1. The number of Topliss-reactive ketones (excluding diaryl/α,β-unsaturated/α-hetero) is 1. The lowest BCUT2D eigenvalue weighted by atomic mass is 9.98. The number of hydrogen-bond acceptors (Lipinski definition) is 7. The Morgan fingerprint density at radius 3 is 1.46 bits per heavy atom. The van der Waals surface area contributed by atoms with Crippen molar-refractivity contribution in [3.05, 3.63) is 118 Å². The summed E-state index contributed by atoms with van der Waals surface area (Å²) in [5.41, 5.74) is 11.9. The molecule has 2 atom stereocenters. The highest BCUT2D eigenvalue weighted by molar-refractivity contribution is 5.98. The maximum Gasteiger partial charge on any atom is 0.337 e. The van der Waals surface area contributed by atoms with Gasteiger partial charge in [-0.3, -0.25) is 9.78 Å². The van der Waals surface area contributed by atoms with Gasteiger partial charge in [-0.15, -0.1) is 0 Å². The third kappa shape index (κ3) is 8.27. The van der Waals surface area contributed by atoms with Gasteiger partial charge in [0.1, 0.15) is 12.2 Å². The normalized spacial score (nSPS) is 14.9. The van der Waals surface area contributed by atoms with Crippen LogP contribution in [0.2, 0.25) is 0 Å². The molecule has 0 radical (unpaired) electrons. The van der Waals surface area contributed by atoms with Gasteiger partial charge < -0.3 is 24.9 Å². The number of ketones is 1. The van der Waals surface area contributed by atoms with Gasteiger partial charge >= 0.3 is 5.97 Å². The minimum atomic E-state index is -1.20. The second kappa shape index (κ2) is 17.7. The highest BCUT2D eigenvalue weighted by Gasteiger charge is 2.33. The molecule has 2 unspecified atom stereocenters. The Balaban J connectivity index is 1.59. The summed E-state index contributed by atoms with van der Waals surface area (Å²) in [5.74, 6) is -0.431. The fraction of sp³-hybridized carbons (Fsp3) is 0.333. The molecule has 9 nitrogen and oxygen atoms in total. The molecule has 0 spiro atoms. The van der Waals surface area contributed by atoms with E-state index in [-0.39, 0.29) is 5.78 Å². The van der Waals surface area contributed by atoms with Crippen molar-refractivity contribution in [3.63, 3.8) is 0 Å². The van der Waals surface area contributed by atoms with Gasteiger partial charge in [0.05, 0.1) is 35.4 Å². The van der Waals surface area contributed by atoms with E-state index in [1.54, 1.807) is 19.1 Å². The summed E-state index contributed by atoms with van der Waals surface area (Å²) in [7, 11) is 1.37. The zero-order valence-electron chi connectivity index (χ0n) is 33.3. The molecule has 0 saturated carbocycles. The first-order valence-electron chi connectivity index (χ1n) is 20.3. The van der Waals surface area contributed by atoms with E-state index in [4.69, 9.17) is 14.7 Å². The summed E-state index contributed by atoms with van der Waals surface area (Å²) in [4.78, 5) is 42.5. The summed E-state index contributed by atoms with van der Waals surface area (Å²) in [5, 5.41) is 23.7. The van der Waals surface area contributed by atoms with Crippen LogP contribution in [0.4, 0.5) is 0 Å². The Bertz CT molecular complexity index is 2460. The summed E-state index contributed by atoms with van der Waals surface area (Å²) < 4.78 is 4.98. The van der Waals surface area contributed by atoms with Crippen molar-refractivity contribution in [3.8, 4) is 22.3 Å². The second-order valence-corrected chi connectivity index (χ2v) is 15.1. The molecule has 5 aromatic rings. The number of ether oxygens (including phenoxy) is 1. The third-order valence-electron chi connectivity index (χ3n) is 11.2. The molecule has 57 heavy (non-hydrogen) atoms. The van der Waals surface area contributed by atoms with E-state index in [2.05, 4.69) is 23.8 Å². The van der Waals surface area contributed by atoms with Gasteiger partial charge in [-0.1, -0.05) is 88.8 Å². The Hall–Kier alpha value is -5.64. The summed E-state index contributed by atoms with van der Waals surface area (Å²) in [6.45, 7) is 5.93. The van der Waals surface area contributed by atoms with Crippen LogP contribution < -0.4 is 0 Å². The number of aliphatic hydroxyl groups excluding tert-OH is 2. The minimum absolute atomic E-state index is 0.0128. The number of hydrogen-bond donors (Lipinski definition) is 4. The molecule has 2 aliphatic heterocycles. The lowest BCUT2D eigenvalue weighted by Gasteiger charge is -2.13. The van der Waals surface area contributed by atoms with Crippen LogP contribution in [0.1, 0.15) is 139 Å². The van der Waals surface area contributed by atoms with E-state index in [1.165, 1.54) is 7.11 Å². The average molecular weight is 765 g/mol. The number of unbranched alkanes of at least 4 members (excludes halogenated alkanes) is 6. The number of benzene rings is 2. The molecule has 2 aliphatic rings. The van der Waals surface area contributed by atoms with Crippen LogP contribution in [0.3, 0.4) is 0 Å². The molecule has 0 amide bonds. The van der Waals surface area contributed by atoms with E-state index < -0.39 is 18.2 Å². The molecule has 9 heteroatoms. The van der Waals surface area contributed by atoms with Crippen molar-refractivity contribution in [2.24, 2.45) is 0 Å². The number of aromatic amines is 2. The first kappa shape index (κ1) is 39.6. The number of carbonyl (C=O) groups excluding carboxylic acids is 2. The fourth-order valence-corrected chi connectivity index (χ4v) is 8.03. The largest absolute Gasteiger partial charge is 0.465 e. The van der Waals surface area contributed by atoms with Gasteiger partial charge in [-0.2, -0.15) is 0 Å². The maximum atomic E-state index is 12.4. The zero-order valence-corrected chi connectivity index (χ0v) is 33.3. The van der Waals surface area contributed by atoms with Gasteiger partial charge in [0.15, 0.2) is 5.78 Å². The lowest BCUT2D eigenvalue weighted by Crippen LogP contribution is -2.07. The van der Waals surface area contributed by atoms with Gasteiger partial charge in [0.25, 0.3) is 0 Å². The number of aromatic nitrogens is 4. The molecule has 2 aromatic carbocycles. The minimum Gasteiger partial charge on any atom is -0.465 e. The number of nitrogens with one attached hydrogen (secondary N) is 2. The molecule has 0 aliphatic carbocycles. The number of methoxy groups -OCH3 is 1. The van der Waals surface area contributed by atoms with Crippen LogP contribution in [0, 0.1) is 0 Å². The summed E-state index contributed by atoms with van der Waals surface area (Å²) in [6.07, 6.45) is 11.3.